The summed E-state index contributed by atoms with van der Waals surface area (Å²) in [7, 11) is 0. The molecule has 0 amide bonds. The van der Waals surface area contributed by atoms with Gasteiger partial charge in [-0.05, 0) is 18.2 Å². The van der Waals surface area contributed by atoms with Crippen molar-refractivity contribution in [2.24, 2.45) is 0 Å². The summed E-state index contributed by atoms with van der Waals surface area (Å²) < 4.78 is 21.3. The van der Waals surface area contributed by atoms with Crippen LogP contribution in [0, 0.1) is 0 Å². The Morgan fingerprint density at radius 2 is 1.63 bits per heavy atom. The molecule has 4 rings (SSSR count). The fraction of sp³-hybridized carbons (Fsp3) is 0.320. The van der Waals surface area contributed by atoms with Gasteiger partial charge in [0, 0.05) is 31.5 Å². The molecule has 13 nitrogen and oxygen atoms in total. The van der Waals surface area contributed by atoms with Gasteiger partial charge < -0.3 is 49.3 Å². The Morgan fingerprint density at radius 1 is 0.921 bits per heavy atom. The van der Waals surface area contributed by atoms with Crippen molar-refractivity contribution >= 4 is 22.9 Å². The van der Waals surface area contributed by atoms with E-state index in [1.807, 2.05) is 0 Å². The second-order valence-corrected chi connectivity index (χ2v) is 8.66. The van der Waals surface area contributed by atoms with Gasteiger partial charge in [-0.15, -0.1) is 0 Å². The third kappa shape index (κ3) is 4.94. The van der Waals surface area contributed by atoms with Crippen LogP contribution in [-0.2, 0) is 23.8 Å². The minimum atomic E-state index is -1.80. The van der Waals surface area contributed by atoms with Crippen molar-refractivity contribution in [3.05, 3.63) is 46.1 Å². The number of rotatable bonds is 5. The summed E-state index contributed by atoms with van der Waals surface area (Å²) in [4.78, 5) is 36.0. The van der Waals surface area contributed by atoms with Gasteiger partial charge in [0.2, 0.25) is 0 Å². The molecule has 2 aromatic carbocycles. The summed E-state index contributed by atoms with van der Waals surface area (Å²) >= 11 is 0. The first-order valence-corrected chi connectivity index (χ1v) is 11.3. The van der Waals surface area contributed by atoms with E-state index in [1.165, 1.54) is 12.1 Å². The van der Waals surface area contributed by atoms with Crippen molar-refractivity contribution in [2.75, 3.05) is 6.61 Å². The molecule has 0 saturated carbocycles. The molecule has 6 N–H and O–H groups in total. The van der Waals surface area contributed by atoms with Crippen LogP contribution in [0.1, 0.15) is 25.5 Å². The lowest BCUT2D eigenvalue weighted by molar-refractivity contribution is -0.242. The summed E-state index contributed by atoms with van der Waals surface area (Å²) in [6, 6.07) is 5.67. The second-order valence-electron chi connectivity index (χ2n) is 8.66. The molecule has 3 aromatic rings. The van der Waals surface area contributed by atoms with Crippen LogP contribution in [0.25, 0.3) is 22.3 Å². The van der Waals surface area contributed by atoms with Crippen LogP contribution in [0.15, 0.2) is 39.5 Å². The number of esters is 2. The standard InChI is InChI=1S/C25H24O13/c1-9(26)35-8-18-21(32)23(34)25(36-10(2)27)24(38-18)20-15(31)7-17-19(22(20)33)14(30)6-16(37-17)11-3-4-12(28)13(29)5-11/h3-7,18,21,23-25,28-29,31-34H,8H2,1-2H3/t18-,21-,23+,24+,25+/m1/s1. The summed E-state index contributed by atoms with van der Waals surface area (Å²) in [6.45, 7) is 1.62. The van der Waals surface area contributed by atoms with Crippen LogP contribution < -0.4 is 5.43 Å². The van der Waals surface area contributed by atoms with Gasteiger partial charge in [-0.1, -0.05) is 0 Å². The molecule has 1 aliphatic heterocycles. The molecule has 5 atom stereocenters. The number of benzene rings is 2. The molecule has 2 heterocycles. The number of hydrogen-bond donors (Lipinski definition) is 6. The number of hydrogen-bond acceptors (Lipinski definition) is 13. The number of fused-ring (bicyclic) bond motifs is 1. The van der Waals surface area contributed by atoms with Gasteiger partial charge in [0.25, 0.3) is 0 Å². The predicted octanol–water partition coefficient (Wildman–Crippen LogP) is 0.939. The Balaban J connectivity index is 1.84. The first kappa shape index (κ1) is 26.7. The number of ether oxygens (including phenoxy) is 3. The Kier molecular flexibility index (Phi) is 7.18. The van der Waals surface area contributed by atoms with E-state index in [9.17, 15) is 45.0 Å². The zero-order valence-electron chi connectivity index (χ0n) is 20.0. The smallest absolute Gasteiger partial charge is 0.303 e. The number of phenols is 4. The number of carbonyl (C=O) groups excluding carboxylic acids is 2. The van der Waals surface area contributed by atoms with Gasteiger partial charge in [0.05, 0.1) is 5.56 Å². The van der Waals surface area contributed by atoms with Crippen molar-refractivity contribution < 1.29 is 58.9 Å². The topological polar surface area (TPSA) is 213 Å². The normalized spacial score (nSPS) is 23.2. The lowest BCUT2D eigenvalue weighted by Crippen LogP contribution is -2.56. The highest BCUT2D eigenvalue weighted by molar-refractivity contribution is 5.88. The first-order chi connectivity index (χ1) is 17.9. The zero-order chi connectivity index (χ0) is 27.9. The molecule has 202 valence electrons. The third-order valence-electron chi connectivity index (χ3n) is 6.00. The number of phenolic OH excluding ortho intramolecular Hbond substituents is 4. The van der Waals surface area contributed by atoms with Gasteiger partial charge >= 0.3 is 11.9 Å². The van der Waals surface area contributed by atoms with E-state index in [4.69, 9.17) is 18.6 Å². The molecular formula is C25H24O13. The van der Waals surface area contributed by atoms with Crippen LogP contribution in [0.4, 0.5) is 0 Å². The van der Waals surface area contributed by atoms with Gasteiger partial charge in [0.15, 0.2) is 23.0 Å². The monoisotopic (exact) mass is 532 g/mol. The Bertz CT molecular complexity index is 1460. The summed E-state index contributed by atoms with van der Waals surface area (Å²) in [6.07, 6.45) is -8.10. The Morgan fingerprint density at radius 3 is 2.26 bits per heavy atom. The molecule has 0 unspecified atom stereocenters. The van der Waals surface area contributed by atoms with Gasteiger partial charge in [-0.25, -0.2) is 0 Å². The molecule has 13 heteroatoms. The molecule has 1 saturated heterocycles. The average Bonchev–Trinajstić information content (AvgIpc) is 2.83. The minimum absolute atomic E-state index is 0.0592. The van der Waals surface area contributed by atoms with Crippen LogP contribution in [0.5, 0.6) is 23.0 Å². The fourth-order valence-corrected chi connectivity index (χ4v) is 4.24. The van der Waals surface area contributed by atoms with Crippen LogP contribution >= 0.6 is 0 Å². The molecule has 1 aromatic heterocycles. The lowest BCUT2D eigenvalue weighted by Gasteiger charge is -2.42. The molecule has 1 aliphatic rings. The molecule has 1 fully saturated rings. The molecule has 0 bridgehead atoms. The highest BCUT2D eigenvalue weighted by atomic mass is 16.6. The van der Waals surface area contributed by atoms with E-state index in [-0.39, 0.29) is 16.9 Å². The number of aliphatic hydroxyl groups is 2. The maximum atomic E-state index is 13.0. The molecular weight excluding hydrogens is 508 g/mol. The van der Waals surface area contributed by atoms with Crippen molar-refractivity contribution in [3.8, 4) is 34.3 Å². The SMILES string of the molecule is CC(=O)OC[C@H]1O[C@@H](c2c(O)cc3oc(-c4ccc(O)c(O)c4)cc(=O)c3c2O)[C@@H](OC(C)=O)[C@@H](O)[C@@H]1O. The quantitative estimate of drug-likeness (QED) is 0.200. The van der Waals surface area contributed by atoms with Crippen molar-refractivity contribution in [3.63, 3.8) is 0 Å². The molecule has 0 aliphatic carbocycles. The first-order valence-electron chi connectivity index (χ1n) is 11.3. The summed E-state index contributed by atoms with van der Waals surface area (Å²) in [5.74, 6) is -4.01. The number of aromatic hydroxyl groups is 4. The van der Waals surface area contributed by atoms with E-state index in [0.29, 0.717) is 0 Å². The van der Waals surface area contributed by atoms with Gasteiger partial charge in [-0.2, -0.15) is 0 Å². The Labute approximate surface area is 213 Å². The third-order valence-corrected chi connectivity index (χ3v) is 6.00. The van der Waals surface area contributed by atoms with Crippen LogP contribution in [-0.4, -0.2) is 73.6 Å². The highest BCUT2D eigenvalue weighted by Gasteiger charge is 2.49. The van der Waals surface area contributed by atoms with E-state index >= 15 is 0 Å². The zero-order valence-corrected chi connectivity index (χ0v) is 20.0. The Hall–Kier alpha value is -4.33. The second kappa shape index (κ2) is 10.2. The predicted molar refractivity (Wildman–Crippen MR) is 126 cm³/mol. The van der Waals surface area contributed by atoms with Crippen LogP contribution in [0.3, 0.4) is 0 Å². The molecule has 0 radical (unpaired) electrons. The minimum Gasteiger partial charge on any atom is -0.507 e. The van der Waals surface area contributed by atoms with Crippen LogP contribution in [0.2, 0.25) is 0 Å². The molecule has 38 heavy (non-hydrogen) atoms. The maximum Gasteiger partial charge on any atom is 0.303 e. The van der Waals surface area contributed by atoms with Crippen molar-refractivity contribution in [2.45, 2.75) is 44.4 Å². The average molecular weight is 532 g/mol. The van der Waals surface area contributed by atoms with Crippen molar-refractivity contribution in [1.82, 2.24) is 0 Å². The lowest BCUT2D eigenvalue weighted by atomic mass is 9.89. The highest BCUT2D eigenvalue weighted by Crippen LogP contribution is 2.45. The fourth-order valence-electron chi connectivity index (χ4n) is 4.24. The maximum absolute atomic E-state index is 13.0. The van der Waals surface area contributed by atoms with Gasteiger partial charge in [-0.3, -0.25) is 14.4 Å². The van der Waals surface area contributed by atoms with Crippen molar-refractivity contribution in [1.29, 1.82) is 0 Å². The van der Waals surface area contributed by atoms with E-state index < -0.39 is 88.4 Å². The summed E-state index contributed by atoms with van der Waals surface area (Å²) in [5.41, 5.74) is -1.29. The largest absolute Gasteiger partial charge is 0.507 e. The summed E-state index contributed by atoms with van der Waals surface area (Å²) in [5, 5.41) is 61.9. The van der Waals surface area contributed by atoms with Gasteiger partial charge in [0.1, 0.15) is 59.3 Å². The molecule has 0 spiro atoms. The van der Waals surface area contributed by atoms with E-state index in [1.54, 1.807) is 0 Å². The van der Waals surface area contributed by atoms with E-state index in [2.05, 4.69) is 0 Å². The number of aliphatic hydroxyl groups excluding tert-OH is 2. The number of carbonyl (C=O) groups is 2. The van der Waals surface area contributed by atoms with E-state index in [0.717, 1.165) is 32.0 Å².